The monoisotopic (exact) mass is 807 g/mol. The lowest BCUT2D eigenvalue weighted by atomic mass is 9.90. The molecule has 7 nitrogen and oxygen atoms in total. The van der Waals surface area contributed by atoms with Crippen molar-refractivity contribution in [3.63, 3.8) is 0 Å². The Labute approximate surface area is 354 Å². The Morgan fingerprint density at radius 3 is 1.34 bits per heavy atom. The summed E-state index contributed by atoms with van der Waals surface area (Å²) in [5, 5.41) is 11.3. The molecule has 1 N–H and O–H groups in total. The maximum Gasteiger partial charge on any atom is 0.115 e. The maximum absolute atomic E-state index is 11.3. The largest absolute Gasteiger partial charge is 0.390 e. The van der Waals surface area contributed by atoms with Gasteiger partial charge in [-0.25, -0.2) is 0 Å². The minimum absolute atomic E-state index is 0.127. The average molecular weight is 807 g/mol. The molecule has 0 unspecified atom stereocenters. The summed E-state index contributed by atoms with van der Waals surface area (Å²) < 4.78 is 40.3. The second-order valence-corrected chi connectivity index (χ2v) is 16.6. The molecule has 0 spiro atoms. The molecule has 4 aromatic carbocycles. The summed E-state index contributed by atoms with van der Waals surface area (Å²) in [5.41, 5.74) is 4.31. The molecule has 2 saturated heterocycles. The van der Waals surface area contributed by atoms with E-state index in [0.29, 0.717) is 39.5 Å². The summed E-state index contributed by atoms with van der Waals surface area (Å²) in [7, 11) is 0. The molecule has 7 heteroatoms. The van der Waals surface area contributed by atoms with Gasteiger partial charge in [0, 0.05) is 6.42 Å². The standard InChI is InChI=1S/C52H70O7/c1-2-3-4-5-6-7-8-9-10-11-12-25-34-45(53)49-46(59-49)35-47-50(55-37-42-28-19-14-20-29-42)52(57-39-44-32-23-16-24-33-44)51(56-38-43-30-21-15-22-31-43)48(58-47)40-54-36-41-26-17-13-18-27-41/h13-24,26-33,45-53H,2-12,25,34-40H2,1H3/t45-,46-,47-,48-,49-,50+,51+,52-/m1/s1. The molecule has 0 aromatic heterocycles. The number of ether oxygens (including phenoxy) is 6. The van der Waals surface area contributed by atoms with Gasteiger partial charge >= 0.3 is 0 Å². The van der Waals surface area contributed by atoms with Gasteiger partial charge in [0.05, 0.1) is 51.3 Å². The number of hydrogen-bond donors (Lipinski definition) is 1. The SMILES string of the molecule is CCCCCCCCCCCCCC[C@@H](O)[C@H]1O[C@@H]1C[C@H]1O[C@H](COCc2ccccc2)[C@H](OCc2ccccc2)[C@H](OCc2ccccc2)[C@H]1OCc1ccccc1. The van der Waals surface area contributed by atoms with Crippen LogP contribution in [0.5, 0.6) is 0 Å². The van der Waals surface area contributed by atoms with Crippen molar-refractivity contribution in [1.82, 2.24) is 0 Å². The third-order valence-corrected chi connectivity index (χ3v) is 11.8. The van der Waals surface area contributed by atoms with E-state index in [2.05, 4.69) is 55.5 Å². The van der Waals surface area contributed by atoms with Crippen LogP contribution in [-0.2, 0) is 54.8 Å². The van der Waals surface area contributed by atoms with E-state index >= 15 is 0 Å². The van der Waals surface area contributed by atoms with Gasteiger partial charge in [0.15, 0.2) is 0 Å². The number of hydrogen-bond acceptors (Lipinski definition) is 7. The van der Waals surface area contributed by atoms with Crippen LogP contribution in [-0.4, -0.2) is 60.5 Å². The van der Waals surface area contributed by atoms with Gasteiger partial charge in [0.25, 0.3) is 0 Å². The second-order valence-electron chi connectivity index (χ2n) is 16.6. The highest BCUT2D eigenvalue weighted by atomic mass is 16.6. The summed E-state index contributed by atoms with van der Waals surface area (Å²) >= 11 is 0. The average Bonchev–Trinajstić information content (AvgIpc) is 4.06. The molecule has 2 aliphatic rings. The number of aliphatic hydroxyl groups is 1. The van der Waals surface area contributed by atoms with E-state index in [0.717, 1.165) is 41.5 Å². The van der Waals surface area contributed by atoms with Crippen LogP contribution in [0, 0.1) is 0 Å². The fourth-order valence-corrected chi connectivity index (χ4v) is 8.35. The first-order valence-electron chi connectivity index (χ1n) is 22.7. The number of unbranched alkanes of at least 4 members (excludes halogenated alkanes) is 11. The molecule has 0 saturated carbocycles. The topological polar surface area (TPSA) is 78.9 Å². The molecule has 4 aromatic rings. The lowest BCUT2D eigenvalue weighted by Crippen LogP contribution is -2.61. The molecule has 320 valence electrons. The Kier molecular flexibility index (Phi) is 19.9. The van der Waals surface area contributed by atoms with E-state index in [-0.39, 0.29) is 18.3 Å². The molecular formula is C52H70O7. The molecule has 2 fully saturated rings. The van der Waals surface area contributed by atoms with Gasteiger partial charge in [-0.2, -0.15) is 0 Å². The molecule has 0 bridgehead atoms. The highest BCUT2D eigenvalue weighted by Gasteiger charge is 2.53. The minimum atomic E-state index is -0.493. The van der Waals surface area contributed by atoms with Gasteiger partial charge in [-0.1, -0.05) is 205 Å². The molecule has 0 aliphatic carbocycles. The fraction of sp³-hybridized carbons (Fsp3) is 0.538. The number of benzene rings is 4. The van der Waals surface area contributed by atoms with Crippen LogP contribution in [0.4, 0.5) is 0 Å². The zero-order valence-corrected chi connectivity index (χ0v) is 35.5. The van der Waals surface area contributed by atoms with Crippen molar-refractivity contribution in [3.8, 4) is 0 Å². The highest BCUT2D eigenvalue weighted by Crippen LogP contribution is 2.38. The van der Waals surface area contributed by atoms with Crippen LogP contribution in [0.15, 0.2) is 121 Å². The van der Waals surface area contributed by atoms with Crippen LogP contribution in [0.2, 0.25) is 0 Å². The van der Waals surface area contributed by atoms with Gasteiger partial charge in [0.1, 0.15) is 30.5 Å². The third kappa shape index (κ3) is 15.9. The summed E-state index contributed by atoms with van der Waals surface area (Å²) in [6.07, 6.45) is 13.8. The normalized spacial score (nSPS) is 23.3. The second kappa shape index (κ2) is 26.0. The summed E-state index contributed by atoms with van der Waals surface area (Å²) in [4.78, 5) is 0. The zero-order valence-electron chi connectivity index (χ0n) is 35.5. The fourth-order valence-electron chi connectivity index (χ4n) is 8.35. The summed E-state index contributed by atoms with van der Waals surface area (Å²) in [5.74, 6) is 0. The Morgan fingerprint density at radius 2 is 0.864 bits per heavy atom. The molecule has 0 radical (unpaired) electrons. The van der Waals surface area contributed by atoms with E-state index in [4.69, 9.17) is 28.4 Å². The molecule has 8 atom stereocenters. The van der Waals surface area contributed by atoms with Crippen molar-refractivity contribution in [3.05, 3.63) is 144 Å². The Balaban J connectivity index is 1.11. The van der Waals surface area contributed by atoms with Crippen LogP contribution in [0.1, 0.15) is 119 Å². The first-order chi connectivity index (χ1) is 29.2. The molecule has 2 heterocycles. The minimum Gasteiger partial charge on any atom is -0.390 e. The Hall–Kier alpha value is -3.40. The van der Waals surface area contributed by atoms with Crippen LogP contribution >= 0.6 is 0 Å². The van der Waals surface area contributed by atoms with Gasteiger partial charge in [-0.15, -0.1) is 0 Å². The van der Waals surface area contributed by atoms with E-state index < -0.39 is 30.5 Å². The van der Waals surface area contributed by atoms with Crippen LogP contribution in [0.25, 0.3) is 0 Å². The van der Waals surface area contributed by atoms with Gasteiger partial charge in [0.2, 0.25) is 0 Å². The summed E-state index contributed by atoms with van der Waals surface area (Å²) in [6.45, 7) is 4.24. The van der Waals surface area contributed by atoms with Crippen molar-refractivity contribution >= 4 is 0 Å². The van der Waals surface area contributed by atoms with Crippen molar-refractivity contribution in [2.24, 2.45) is 0 Å². The van der Waals surface area contributed by atoms with Gasteiger partial charge in [-0.05, 0) is 28.7 Å². The van der Waals surface area contributed by atoms with E-state index in [1.807, 2.05) is 72.8 Å². The van der Waals surface area contributed by atoms with Crippen LogP contribution in [0.3, 0.4) is 0 Å². The molecular weight excluding hydrogens is 737 g/mol. The molecule has 6 rings (SSSR count). The third-order valence-electron chi connectivity index (χ3n) is 11.8. The number of epoxide rings is 1. The van der Waals surface area contributed by atoms with Crippen molar-refractivity contribution < 1.29 is 33.5 Å². The van der Waals surface area contributed by atoms with Crippen molar-refractivity contribution in [2.45, 2.75) is 172 Å². The number of aliphatic hydroxyl groups excluding tert-OH is 1. The first kappa shape index (κ1) is 45.1. The molecule has 2 aliphatic heterocycles. The highest BCUT2D eigenvalue weighted by molar-refractivity contribution is 5.17. The molecule has 0 amide bonds. The van der Waals surface area contributed by atoms with Gasteiger partial charge in [-0.3, -0.25) is 0 Å². The lowest BCUT2D eigenvalue weighted by Gasteiger charge is -2.46. The molecule has 59 heavy (non-hydrogen) atoms. The van der Waals surface area contributed by atoms with E-state index in [9.17, 15) is 5.11 Å². The maximum atomic E-state index is 11.3. The summed E-state index contributed by atoms with van der Waals surface area (Å²) in [6, 6.07) is 40.9. The van der Waals surface area contributed by atoms with Crippen LogP contribution < -0.4 is 0 Å². The Morgan fingerprint density at radius 1 is 0.458 bits per heavy atom. The van der Waals surface area contributed by atoms with Crippen molar-refractivity contribution in [1.29, 1.82) is 0 Å². The smallest absolute Gasteiger partial charge is 0.115 e. The van der Waals surface area contributed by atoms with Gasteiger partial charge < -0.3 is 33.5 Å². The van der Waals surface area contributed by atoms with Crippen molar-refractivity contribution in [2.75, 3.05) is 6.61 Å². The number of rotatable bonds is 29. The zero-order chi connectivity index (χ0) is 40.7. The first-order valence-corrected chi connectivity index (χ1v) is 22.7. The quantitative estimate of drug-likeness (QED) is 0.0432. The predicted molar refractivity (Wildman–Crippen MR) is 235 cm³/mol. The van der Waals surface area contributed by atoms with E-state index in [1.54, 1.807) is 0 Å². The lowest BCUT2D eigenvalue weighted by molar-refractivity contribution is -0.274. The predicted octanol–water partition coefficient (Wildman–Crippen LogP) is 11.3. The Bertz CT molecular complexity index is 1640. The van der Waals surface area contributed by atoms with E-state index in [1.165, 1.54) is 64.2 Å².